The Hall–Kier alpha value is -0.0800. The standard InChI is InChI=1S/C16H32N4O.HI/c1-17-16(20-12-7-15(13-20)14-21-2)18-8-3-4-9-19-10-5-6-11-19;/h15H,3-14H2,1-2H3,(H,17,18);1H. The molecule has 0 aliphatic carbocycles. The van der Waals surface area contributed by atoms with E-state index in [1.807, 2.05) is 7.05 Å². The molecule has 0 bridgehead atoms. The zero-order valence-electron chi connectivity index (χ0n) is 14.2. The zero-order valence-corrected chi connectivity index (χ0v) is 16.6. The predicted molar refractivity (Wildman–Crippen MR) is 103 cm³/mol. The van der Waals surface area contributed by atoms with Gasteiger partial charge >= 0.3 is 0 Å². The minimum Gasteiger partial charge on any atom is -0.384 e. The van der Waals surface area contributed by atoms with E-state index in [1.165, 1.54) is 51.7 Å². The van der Waals surface area contributed by atoms with Gasteiger partial charge in [-0.1, -0.05) is 0 Å². The molecule has 1 atom stereocenters. The lowest BCUT2D eigenvalue weighted by Gasteiger charge is -2.22. The van der Waals surface area contributed by atoms with E-state index < -0.39 is 0 Å². The van der Waals surface area contributed by atoms with E-state index in [1.54, 1.807) is 7.11 Å². The van der Waals surface area contributed by atoms with Gasteiger partial charge in [0.05, 0.1) is 6.61 Å². The van der Waals surface area contributed by atoms with Crippen molar-refractivity contribution in [2.75, 3.05) is 60.0 Å². The van der Waals surface area contributed by atoms with E-state index in [4.69, 9.17) is 4.74 Å². The molecule has 130 valence electrons. The number of likely N-dealkylation sites (tertiary alicyclic amines) is 2. The average molecular weight is 424 g/mol. The van der Waals surface area contributed by atoms with Gasteiger partial charge < -0.3 is 19.9 Å². The molecule has 2 saturated heterocycles. The van der Waals surface area contributed by atoms with E-state index >= 15 is 0 Å². The number of rotatable bonds is 7. The molecule has 0 aromatic rings. The molecule has 0 aromatic carbocycles. The Balaban J connectivity index is 0.00000242. The summed E-state index contributed by atoms with van der Waals surface area (Å²) in [5.41, 5.74) is 0. The van der Waals surface area contributed by atoms with Gasteiger partial charge in [0.25, 0.3) is 0 Å². The second-order valence-electron chi connectivity index (χ2n) is 6.29. The summed E-state index contributed by atoms with van der Waals surface area (Å²) in [4.78, 5) is 9.37. The van der Waals surface area contributed by atoms with Crippen molar-refractivity contribution in [2.45, 2.75) is 32.1 Å². The molecule has 2 aliphatic heterocycles. The zero-order chi connectivity index (χ0) is 14.9. The molecule has 0 aromatic heterocycles. The summed E-state index contributed by atoms with van der Waals surface area (Å²) in [7, 11) is 3.67. The van der Waals surface area contributed by atoms with E-state index in [0.717, 1.165) is 32.2 Å². The van der Waals surface area contributed by atoms with Crippen molar-refractivity contribution in [3.05, 3.63) is 0 Å². The minimum atomic E-state index is 0. The van der Waals surface area contributed by atoms with Gasteiger partial charge in [-0.05, 0) is 51.7 Å². The Morgan fingerprint density at radius 2 is 2.00 bits per heavy atom. The van der Waals surface area contributed by atoms with Crippen LogP contribution in [0.2, 0.25) is 0 Å². The first kappa shape index (κ1) is 20.0. The highest BCUT2D eigenvalue weighted by Gasteiger charge is 2.24. The Kier molecular flexibility index (Phi) is 10.4. The molecule has 2 rings (SSSR count). The summed E-state index contributed by atoms with van der Waals surface area (Å²) in [5.74, 6) is 1.72. The van der Waals surface area contributed by atoms with E-state index in [-0.39, 0.29) is 24.0 Å². The van der Waals surface area contributed by atoms with Gasteiger partial charge in [-0.2, -0.15) is 0 Å². The number of aliphatic imine (C=N–C) groups is 1. The van der Waals surface area contributed by atoms with Crippen molar-refractivity contribution in [1.29, 1.82) is 0 Å². The molecule has 0 amide bonds. The van der Waals surface area contributed by atoms with E-state index in [9.17, 15) is 0 Å². The maximum atomic E-state index is 5.26. The Labute approximate surface area is 152 Å². The van der Waals surface area contributed by atoms with E-state index in [2.05, 4.69) is 20.1 Å². The molecule has 0 saturated carbocycles. The molecule has 0 spiro atoms. The molecule has 0 radical (unpaired) electrons. The topological polar surface area (TPSA) is 40.1 Å². The lowest BCUT2D eigenvalue weighted by atomic mass is 10.1. The van der Waals surface area contributed by atoms with Crippen LogP contribution in [0, 0.1) is 5.92 Å². The van der Waals surface area contributed by atoms with Crippen LogP contribution in [0.1, 0.15) is 32.1 Å². The number of nitrogens with zero attached hydrogens (tertiary/aromatic N) is 3. The first-order chi connectivity index (χ1) is 10.3. The first-order valence-corrected chi connectivity index (χ1v) is 8.50. The van der Waals surface area contributed by atoms with Crippen LogP contribution >= 0.6 is 24.0 Å². The third kappa shape index (κ3) is 6.58. The van der Waals surface area contributed by atoms with Crippen LogP contribution in [-0.4, -0.2) is 75.8 Å². The number of hydrogen-bond acceptors (Lipinski definition) is 3. The third-order valence-corrected chi connectivity index (χ3v) is 4.58. The fourth-order valence-corrected chi connectivity index (χ4v) is 3.40. The molecular weight excluding hydrogens is 391 g/mol. The first-order valence-electron chi connectivity index (χ1n) is 8.50. The van der Waals surface area contributed by atoms with Gasteiger partial charge in [-0.3, -0.25) is 4.99 Å². The summed E-state index contributed by atoms with van der Waals surface area (Å²) < 4.78 is 5.26. The van der Waals surface area contributed by atoms with Gasteiger partial charge in [0, 0.05) is 39.7 Å². The fourth-order valence-electron chi connectivity index (χ4n) is 3.40. The highest BCUT2D eigenvalue weighted by Crippen LogP contribution is 2.16. The average Bonchev–Trinajstić information content (AvgIpc) is 3.15. The van der Waals surface area contributed by atoms with Gasteiger partial charge in [-0.15, -0.1) is 24.0 Å². The maximum Gasteiger partial charge on any atom is 0.193 e. The van der Waals surface area contributed by atoms with Crippen molar-refractivity contribution >= 4 is 29.9 Å². The Morgan fingerprint density at radius 1 is 1.23 bits per heavy atom. The molecule has 22 heavy (non-hydrogen) atoms. The SMILES string of the molecule is CN=C(NCCCCN1CCCC1)N1CCC(COC)C1.I. The highest BCUT2D eigenvalue weighted by molar-refractivity contribution is 14.0. The molecular formula is C16H33IN4O. The lowest BCUT2D eigenvalue weighted by molar-refractivity contribution is 0.157. The van der Waals surface area contributed by atoms with Crippen LogP contribution in [0.5, 0.6) is 0 Å². The molecule has 5 nitrogen and oxygen atoms in total. The Bertz CT molecular complexity index is 321. The van der Waals surface area contributed by atoms with Crippen LogP contribution in [0.15, 0.2) is 4.99 Å². The van der Waals surface area contributed by atoms with Crippen molar-refractivity contribution in [1.82, 2.24) is 15.1 Å². The van der Waals surface area contributed by atoms with Gasteiger partial charge in [-0.25, -0.2) is 0 Å². The van der Waals surface area contributed by atoms with Gasteiger partial charge in [0.2, 0.25) is 0 Å². The maximum absolute atomic E-state index is 5.26. The van der Waals surface area contributed by atoms with Crippen LogP contribution < -0.4 is 5.32 Å². The summed E-state index contributed by atoms with van der Waals surface area (Å²) in [6.07, 6.45) is 6.51. The van der Waals surface area contributed by atoms with Gasteiger partial charge in [0.1, 0.15) is 0 Å². The number of ether oxygens (including phenoxy) is 1. The highest BCUT2D eigenvalue weighted by atomic mass is 127. The fraction of sp³-hybridized carbons (Fsp3) is 0.938. The number of methoxy groups -OCH3 is 1. The second-order valence-corrected chi connectivity index (χ2v) is 6.29. The molecule has 2 fully saturated rings. The van der Waals surface area contributed by atoms with Crippen LogP contribution in [-0.2, 0) is 4.74 Å². The minimum absolute atomic E-state index is 0. The Morgan fingerprint density at radius 3 is 2.68 bits per heavy atom. The van der Waals surface area contributed by atoms with Crippen LogP contribution in [0.3, 0.4) is 0 Å². The molecule has 1 unspecified atom stereocenters. The number of nitrogens with one attached hydrogen (secondary N) is 1. The molecule has 2 heterocycles. The third-order valence-electron chi connectivity index (χ3n) is 4.58. The van der Waals surface area contributed by atoms with Crippen molar-refractivity contribution < 1.29 is 4.74 Å². The molecule has 6 heteroatoms. The van der Waals surface area contributed by atoms with E-state index in [0.29, 0.717) is 5.92 Å². The van der Waals surface area contributed by atoms with Crippen LogP contribution in [0.25, 0.3) is 0 Å². The van der Waals surface area contributed by atoms with Crippen LogP contribution in [0.4, 0.5) is 0 Å². The summed E-state index contributed by atoms with van der Waals surface area (Å²) >= 11 is 0. The summed E-state index contributed by atoms with van der Waals surface area (Å²) in [6.45, 7) is 7.95. The predicted octanol–water partition coefficient (Wildman–Crippen LogP) is 2.02. The molecule has 1 N–H and O–H groups in total. The molecule has 2 aliphatic rings. The summed E-state index contributed by atoms with van der Waals surface area (Å²) in [6, 6.07) is 0. The second kappa shape index (κ2) is 11.5. The van der Waals surface area contributed by atoms with Crippen molar-refractivity contribution in [3.63, 3.8) is 0 Å². The summed E-state index contributed by atoms with van der Waals surface area (Å²) in [5, 5.41) is 3.52. The number of halogens is 1. The largest absolute Gasteiger partial charge is 0.384 e. The number of unbranched alkanes of at least 4 members (excludes halogenated alkanes) is 1. The number of guanidine groups is 1. The quantitative estimate of drug-likeness (QED) is 0.294. The van der Waals surface area contributed by atoms with Crippen molar-refractivity contribution in [2.24, 2.45) is 10.9 Å². The normalized spacial score (nSPS) is 22.9. The lowest BCUT2D eigenvalue weighted by Crippen LogP contribution is -2.40. The van der Waals surface area contributed by atoms with Gasteiger partial charge in [0.15, 0.2) is 5.96 Å². The smallest absolute Gasteiger partial charge is 0.193 e. The number of hydrogen-bond donors (Lipinski definition) is 1. The monoisotopic (exact) mass is 424 g/mol. The van der Waals surface area contributed by atoms with Crippen molar-refractivity contribution in [3.8, 4) is 0 Å².